The Labute approximate surface area is 169 Å². The number of halogens is 2. The second-order valence-electron chi connectivity index (χ2n) is 7.60. The summed E-state index contributed by atoms with van der Waals surface area (Å²) in [6, 6.07) is 5.06. The molecule has 2 aliphatic heterocycles. The normalized spacial score (nSPS) is 24.4. The van der Waals surface area contributed by atoms with E-state index in [2.05, 4.69) is 39.9 Å². The van der Waals surface area contributed by atoms with Crippen LogP contribution >= 0.6 is 27.7 Å². The van der Waals surface area contributed by atoms with Gasteiger partial charge in [-0.2, -0.15) is 0 Å². The third-order valence-corrected chi connectivity index (χ3v) is 6.68. The summed E-state index contributed by atoms with van der Waals surface area (Å²) >= 11 is 4.70. The number of thioether (sulfide) groups is 1. The number of aromatic amines is 1. The maximum atomic E-state index is 14.6. The summed E-state index contributed by atoms with van der Waals surface area (Å²) in [7, 11) is 0. The topological polar surface area (TPSA) is 59.4 Å². The third kappa shape index (κ3) is 3.54. The quantitative estimate of drug-likeness (QED) is 0.688. The van der Waals surface area contributed by atoms with Crippen LogP contribution in [0.3, 0.4) is 0 Å². The fourth-order valence-corrected chi connectivity index (χ4v) is 5.29. The third-order valence-electron chi connectivity index (χ3n) is 5.03. The van der Waals surface area contributed by atoms with Crippen LogP contribution in [0.1, 0.15) is 56.0 Å². The molecule has 8 heteroatoms. The van der Waals surface area contributed by atoms with E-state index < -0.39 is 5.25 Å². The van der Waals surface area contributed by atoms with Gasteiger partial charge in [0.15, 0.2) is 5.82 Å². The fourth-order valence-electron chi connectivity index (χ4n) is 3.83. The van der Waals surface area contributed by atoms with E-state index in [1.165, 1.54) is 17.8 Å². The molecule has 0 saturated carbocycles. The zero-order valence-corrected chi connectivity index (χ0v) is 17.8. The Morgan fingerprint density at radius 1 is 1.44 bits per heavy atom. The van der Waals surface area contributed by atoms with Crippen molar-refractivity contribution in [2.75, 3.05) is 6.61 Å². The van der Waals surface area contributed by atoms with Crippen LogP contribution < -0.4 is 5.56 Å². The number of hydrogen-bond donors (Lipinski definition) is 1. The Morgan fingerprint density at radius 3 is 2.93 bits per heavy atom. The Kier molecular flexibility index (Phi) is 4.84. The Morgan fingerprint density at radius 2 is 2.22 bits per heavy atom. The van der Waals surface area contributed by atoms with Crippen LogP contribution in [0.15, 0.2) is 32.5 Å². The van der Waals surface area contributed by atoms with E-state index in [0.29, 0.717) is 28.0 Å². The molecule has 2 unspecified atom stereocenters. The van der Waals surface area contributed by atoms with E-state index in [1.807, 2.05) is 11.6 Å². The van der Waals surface area contributed by atoms with Crippen molar-refractivity contribution < 1.29 is 9.13 Å². The summed E-state index contributed by atoms with van der Waals surface area (Å²) in [6.45, 7) is 6.64. The van der Waals surface area contributed by atoms with Crippen molar-refractivity contribution in [1.29, 1.82) is 0 Å². The molecule has 0 amide bonds. The average Bonchev–Trinajstić information content (AvgIpc) is 2.90. The summed E-state index contributed by atoms with van der Waals surface area (Å²) in [5.74, 6) is 0.285. The van der Waals surface area contributed by atoms with E-state index in [0.717, 1.165) is 17.9 Å². The van der Waals surface area contributed by atoms with Crippen LogP contribution in [0.5, 0.6) is 0 Å². The van der Waals surface area contributed by atoms with Gasteiger partial charge >= 0.3 is 0 Å². The lowest BCUT2D eigenvalue weighted by molar-refractivity contribution is -0.0705. The van der Waals surface area contributed by atoms with Crippen LogP contribution in [-0.2, 0) is 4.74 Å². The maximum Gasteiger partial charge on any atom is 0.271 e. The number of aliphatic imine (C=N–C) groups is 1. The van der Waals surface area contributed by atoms with Crippen molar-refractivity contribution in [3.05, 3.63) is 50.0 Å². The smallest absolute Gasteiger partial charge is 0.271 e. The summed E-state index contributed by atoms with van der Waals surface area (Å²) in [6.07, 6.45) is 1.59. The van der Waals surface area contributed by atoms with Crippen LogP contribution in [-0.4, -0.2) is 27.0 Å². The van der Waals surface area contributed by atoms with Crippen molar-refractivity contribution in [2.24, 2.45) is 4.99 Å². The van der Waals surface area contributed by atoms with Gasteiger partial charge in [-0.25, -0.2) is 9.38 Å². The van der Waals surface area contributed by atoms with Gasteiger partial charge in [0, 0.05) is 16.6 Å². The predicted octanol–water partition coefficient (Wildman–Crippen LogP) is 5.09. The SMILES string of the molecule is CC1=Nc2c(c(=O)[nH]n2C2CCOC(C)(C)C2)C(c2ccc(Br)cc2F)S1. The highest BCUT2D eigenvalue weighted by atomic mass is 79.9. The largest absolute Gasteiger partial charge is 0.375 e. The molecular formula is C19H21BrFN3O2S. The molecule has 1 fully saturated rings. The first-order valence-corrected chi connectivity index (χ1v) is 10.6. The number of benzene rings is 1. The molecule has 27 heavy (non-hydrogen) atoms. The second-order valence-corrected chi connectivity index (χ2v) is 9.81. The van der Waals surface area contributed by atoms with Crippen LogP contribution in [0.2, 0.25) is 0 Å². The van der Waals surface area contributed by atoms with Crippen molar-refractivity contribution in [3.63, 3.8) is 0 Å². The van der Waals surface area contributed by atoms with E-state index in [-0.39, 0.29) is 23.0 Å². The van der Waals surface area contributed by atoms with E-state index in [1.54, 1.807) is 12.1 Å². The molecule has 0 radical (unpaired) electrons. The lowest BCUT2D eigenvalue weighted by Crippen LogP contribution is -2.35. The monoisotopic (exact) mass is 453 g/mol. The molecular weight excluding hydrogens is 433 g/mol. The molecule has 0 aliphatic carbocycles. The number of hydrogen-bond acceptors (Lipinski definition) is 4. The highest BCUT2D eigenvalue weighted by Gasteiger charge is 2.36. The minimum atomic E-state index is -0.413. The molecule has 2 aromatic rings. The molecule has 1 saturated heterocycles. The molecule has 2 aliphatic rings. The minimum absolute atomic E-state index is 0.0975. The van der Waals surface area contributed by atoms with Crippen molar-refractivity contribution in [3.8, 4) is 0 Å². The number of rotatable bonds is 2. The van der Waals surface area contributed by atoms with E-state index in [9.17, 15) is 9.18 Å². The number of fused-ring (bicyclic) bond motifs is 1. The highest BCUT2D eigenvalue weighted by Crippen LogP contribution is 2.46. The molecule has 2 atom stereocenters. The summed E-state index contributed by atoms with van der Waals surface area (Å²) < 4.78 is 23.0. The van der Waals surface area contributed by atoms with Gasteiger partial charge in [0.1, 0.15) is 5.82 Å². The van der Waals surface area contributed by atoms with Crippen LogP contribution in [0.4, 0.5) is 10.2 Å². The number of aromatic nitrogens is 2. The number of nitrogens with one attached hydrogen (secondary N) is 1. The molecule has 1 aromatic carbocycles. The van der Waals surface area contributed by atoms with E-state index in [4.69, 9.17) is 4.74 Å². The van der Waals surface area contributed by atoms with Gasteiger partial charge in [-0.1, -0.05) is 33.8 Å². The van der Waals surface area contributed by atoms with Crippen LogP contribution in [0, 0.1) is 5.82 Å². The first kappa shape index (κ1) is 19.0. The number of nitrogens with zero attached hydrogens (tertiary/aromatic N) is 2. The van der Waals surface area contributed by atoms with Gasteiger partial charge in [-0.05, 0) is 45.7 Å². The first-order valence-electron chi connectivity index (χ1n) is 8.90. The molecule has 144 valence electrons. The van der Waals surface area contributed by atoms with Gasteiger partial charge in [-0.15, -0.1) is 0 Å². The Hall–Kier alpha value is -1.38. The Bertz CT molecular complexity index is 982. The number of ether oxygens (including phenoxy) is 1. The predicted molar refractivity (Wildman–Crippen MR) is 110 cm³/mol. The summed E-state index contributed by atoms with van der Waals surface area (Å²) in [5.41, 5.74) is 0.562. The molecule has 0 bridgehead atoms. The standard InChI is InChI=1S/C19H21BrFN3O2S/c1-10-22-17-15(16(27-10)13-5-4-11(20)8-14(13)21)18(25)23-24(17)12-6-7-26-19(2,3)9-12/h4-5,8,12,16H,6-7,9H2,1-3H3,(H,23,25). The maximum absolute atomic E-state index is 14.6. The average molecular weight is 454 g/mol. The summed E-state index contributed by atoms with van der Waals surface area (Å²) in [5, 5.41) is 3.37. The zero-order chi connectivity index (χ0) is 19.3. The van der Waals surface area contributed by atoms with Gasteiger partial charge in [0.05, 0.1) is 27.5 Å². The minimum Gasteiger partial charge on any atom is -0.375 e. The van der Waals surface area contributed by atoms with Gasteiger partial charge in [0.25, 0.3) is 5.56 Å². The molecule has 4 rings (SSSR count). The van der Waals surface area contributed by atoms with E-state index >= 15 is 0 Å². The second kappa shape index (κ2) is 6.90. The lowest BCUT2D eigenvalue weighted by Gasteiger charge is -2.36. The van der Waals surface area contributed by atoms with Gasteiger partial charge in [-0.3, -0.25) is 14.6 Å². The molecule has 5 nitrogen and oxygen atoms in total. The number of H-pyrrole nitrogens is 1. The molecule has 3 heterocycles. The van der Waals surface area contributed by atoms with Crippen molar-refractivity contribution in [2.45, 2.75) is 50.5 Å². The molecule has 1 aromatic heterocycles. The molecule has 1 N–H and O–H groups in total. The highest BCUT2D eigenvalue weighted by molar-refractivity contribution is 9.10. The first-order chi connectivity index (χ1) is 12.7. The summed E-state index contributed by atoms with van der Waals surface area (Å²) in [4.78, 5) is 17.5. The Balaban J connectivity index is 1.82. The lowest BCUT2D eigenvalue weighted by atomic mass is 9.94. The van der Waals surface area contributed by atoms with Crippen molar-refractivity contribution in [1.82, 2.24) is 9.78 Å². The van der Waals surface area contributed by atoms with Gasteiger partial charge < -0.3 is 4.74 Å². The fraction of sp³-hybridized carbons (Fsp3) is 0.474. The van der Waals surface area contributed by atoms with Crippen LogP contribution in [0.25, 0.3) is 0 Å². The van der Waals surface area contributed by atoms with Crippen molar-refractivity contribution >= 4 is 38.6 Å². The molecule has 0 spiro atoms. The van der Waals surface area contributed by atoms with Gasteiger partial charge in [0.2, 0.25) is 0 Å². The zero-order valence-electron chi connectivity index (χ0n) is 15.4.